The van der Waals surface area contributed by atoms with Gasteiger partial charge in [-0.3, -0.25) is 10.1 Å². The van der Waals surface area contributed by atoms with Crippen molar-refractivity contribution < 1.29 is 19.1 Å². The number of hydrogen-bond acceptors (Lipinski definition) is 5. The molecule has 0 aliphatic carbocycles. The molecule has 8 heteroatoms. The van der Waals surface area contributed by atoms with Crippen LogP contribution in [0.3, 0.4) is 0 Å². The highest BCUT2D eigenvalue weighted by atomic mass is 32.1. The number of rotatable bonds is 8. The van der Waals surface area contributed by atoms with Crippen molar-refractivity contribution in [1.82, 2.24) is 5.32 Å². The average Bonchev–Trinajstić information content (AvgIpc) is 2.70. The number of anilines is 2. The van der Waals surface area contributed by atoms with E-state index < -0.39 is 6.09 Å². The molecule has 0 aliphatic rings. The SMILES string of the molecule is CCCCCC(=O)Nc1cc(Oc2ccccc2)ccc1NC(=S)NC(=O)OC. The lowest BCUT2D eigenvalue weighted by atomic mass is 10.2. The third-order valence-corrected chi connectivity index (χ3v) is 4.10. The summed E-state index contributed by atoms with van der Waals surface area (Å²) in [7, 11) is 1.25. The number of para-hydroxylation sites is 1. The zero-order chi connectivity index (χ0) is 21.1. The highest BCUT2D eigenvalue weighted by Gasteiger charge is 2.12. The number of nitrogens with one attached hydrogen (secondary N) is 3. The molecule has 2 aromatic carbocycles. The van der Waals surface area contributed by atoms with Crippen molar-refractivity contribution in [3.8, 4) is 11.5 Å². The summed E-state index contributed by atoms with van der Waals surface area (Å²) in [5.41, 5.74) is 1.02. The third-order valence-electron chi connectivity index (χ3n) is 3.90. The Hall–Kier alpha value is -3.13. The van der Waals surface area contributed by atoms with E-state index in [-0.39, 0.29) is 11.0 Å². The van der Waals surface area contributed by atoms with Gasteiger partial charge in [-0.1, -0.05) is 38.0 Å². The normalized spacial score (nSPS) is 10.0. The van der Waals surface area contributed by atoms with Gasteiger partial charge >= 0.3 is 6.09 Å². The fraction of sp³-hybridized carbons (Fsp3) is 0.286. The molecule has 154 valence electrons. The Morgan fingerprint density at radius 1 is 0.966 bits per heavy atom. The number of carbonyl (C=O) groups is 2. The number of alkyl carbamates (subject to hydrolysis) is 1. The van der Waals surface area contributed by atoms with E-state index in [1.54, 1.807) is 18.2 Å². The van der Waals surface area contributed by atoms with E-state index in [4.69, 9.17) is 17.0 Å². The van der Waals surface area contributed by atoms with Crippen LogP contribution in [0.2, 0.25) is 0 Å². The third kappa shape index (κ3) is 7.79. The van der Waals surface area contributed by atoms with Crippen LogP contribution in [-0.2, 0) is 9.53 Å². The van der Waals surface area contributed by atoms with Crippen molar-refractivity contribution in [3.05, 3.63) is 48.5 Å². The van der Waals surface area contributed by atoms with E-state index in [0.717, 1.165) is 19.3 Å². The highest BCUT2D eigenvalue weighted by molar-refractivity contribution is 7.80. The molecule has 0 aliphatic heterocycles. The van der Waals surface area contributed by atoms with Crippen molar-refractivity contribution in [2.45, 2.75) is 32.6 Å². The first kappa shape index (κ1) is 22.2. The van der Waals surface area contributed by atoms with E-state index in [0.29, 0.717) is 29.3 Å². The molecule has 3 N–H and O–H groups in total. The second-order valence-electron chi connectivity index (χ2n) is 6.20. The lowest BCUT2D eigenvalue weighted by Crippen LogP contribution is -2.34. The number of thiocarbonyl (C=S) groups is 1. The minimum atomic E-state index is -0.684. The molecule has 0 unspecified atom stereocenters. The van der Waals surface area contributed by atoms with E-state index in [1.807, 2.05) is 30.3 Å². The van der Waals surface area contributed by atoms with Crippen LogP contribution in [-0.4, -0.2) is 24.2 Å². The van der Waals surface area contributed by atoms with Gasteiger partial charge in [0.2, 0.25) is 5.91 Å². The first-order valence-electron chi connectivity index (χ1n) is 9.34. The lowest BCUT2D eigenvalue weighted by molar-refractivity contribution is -0.116. The zero-order valence-corrected chi connectivity index (χ0v) is 17.3. The summed E-state index contributed by atoms with van der Waals surface area (Å²) < 4.78 is 10.4. The molecule has 0 radical (unpaired) electrons. The van der Waals surface area contributed by atoms with Crippen LogP contribution < -0.4 is 20.7 Å². The van der Waals surface area contributed by atoms with Gasteiger partial charge in [-0.25, -0.2) is 4.79 Å². The van der Waals surface area contributed by atoms with Gasteiger partial charge in [0.05, 0.1) is 18.5 Å². The second kappa shape index (κ2) is 11.7. The van der Waals surface area contributed by atoms with Crippen LogP contribution in [0, 0.1) is 0 Å². The smallest absolute Gasteiger partial charge is 0.413 e. The summed E-state index contributed by atoms with van der Waals surface area (Å²) in [5.74, 6) is 1.12. The molecule has 0 aromatic heterocycles. The fourth-order valence-electron chi connectivity index (χ4n) is 2.47. The van der Waals surface area contributed by atoms with Gasteiger partial charge in [-0.15, -0.1) is 0 Å². The first-order valence-corrected chi connectivity index (χ1v) is 9.75. The first-order chi connectivity index (χ1) is 14.0. The molecule has 0 saturated carbocycles. The Morgan fingerprint density at radius 2 is 1.72 bits per heavy atom. The minimum absolute atomic E-state index is 0.0510. The maximum Gasteiger partial charge on any atom is 0.413 e. The minimum Gasteiger partial charge on any atom is -0.457 e. The number of amides is 2. The predicted molar refractivity (Wildman–Crippen MR) is 117 cm³/mol. The van der Waals surface area contributed by atoms with Gasteiger partial charge in [-0.05, 0) is 42.9 Å². The molecular formula is C21H25N3O4S. The molecule has 2 aromatic rings. The molecule has 0 bridgehead atoms. The van der Waals surface area contributed by atoms with E-state index in [2.05, 4.69) is 27.6 Å². The number of methoxy groups -OCH3 is 1. The standard InChI is InChI=1S/C21H25N3O4S/c1-3-4-6-11-19(25)22-18-14-16(28-15-9-7-5-8-10-15)12-13-17(18)23-20(29)24-21(26)27-2/h5,7-10,12-14H,3-4,6,11H2,1-2H3,(H,22,25)(H2,23,24,26,29). The van der Waals surface area contributed by atoms with Crippen LogP contribution >= 0.6 is 12.2 Å². The van der Waals surface area contributed by atoms with Crippen LogP contribution in [0.15, 0.2) is 48.5 Å². The van der Waals surface area contributed by atoms with Gasteiger partial charge in [-0.2, -0.15) is 0 Å². The van der Waals surface area contributed by atoms with Gasteiger partial charge in [0, 0.05) is 12.5 Å². The van der Waals surface area contributed by atoms with Gasteiger partial charge < -0.3 is 20.1 Å². The molecule has 0 heterocycles. The van der Waals surface area contributed by atoms with E-state index >= 15 is 0 Å². The molecule has 0 fully saturated rings. The van der Waals surface area contributed by atoms with Gasteiger partial charge in [0.25, 0.3) is 0 Å². The summed E-state index contributed by atoms with van der Waals surface area (Å²) in [6.45, 7) is 2.08. The Bertz CT molecular complexity index is 843. The topological polar surface area (TPSA) is 88.7 Å². The summed E-state index contributed by atoms with van der Waals surface area (Å²) in [4.78, 5) is 23.6. The summed E-state index contributed by atoms with van der Waals surface area (Å²) in [5, 5.41) is 8.19. The summed E-state index contributed by atoms with van der Waals surface area (Å²) in [6, 6.07) is 14.5. The quantitative estimate of drug-likeness (QED) is 0.413. The largest absolute Gasteiger partial charge is 0.457 e. The fourth-order valence-corrected chi connectivity index (χ4v) is 2.66. The van der Waals surface area contributed by atoms with Gasteiger partial charge in [0.1, 0.15) is 11.5 Å². The van der Waals surface area contributed by atoms with Crippen molar-refractivity contribution >= 4 is 40.7 Å². The number of hydrogen-bond donors (Lipinski definition) is 3. The molecule has 7 nitrogen and oxygen atoms in total. The lowest BCUT2D eigenvalue weighted by Gasteiger charge is -2.16. The predicted octanol–water partition coefficient (Wildman–Crippen LogP) is 5.05. The Labute approximate surface area is 175 Å². The Balaban J connectivity index is 2.17. The summed E-state index contributed by atoms with van der Waals surface area (Å²) >= 11 is 5.11. The van der Waals surface area contributed by atoms with Crippen molar-refractivity contribution in [1.29, 1.82) is 0 Å². The number of unbranched alkanes of at least 4 members (excludes halogenated alkanes) is 2. The monoisotopic (exact) mass is 415 g/mol. The number of benzene rings is 2. The number of carbonyl (C=O) groups excluding carboxylic acids is 2. The highest BCUT2D eigenvalue weighted by Crippen LogP contribution is 2.30. The molecule has 0 atom stereocenters. The van der Waals surface area contributed by atoms with Crippen LogP contribution in [0.5, 0.6) is 11.5 Å². The van der Waals surface area contributed by atoms with Crippen molar-refractivity contribution in [3.63, 3.8) is 0 Å². The van der Waals surface area contributed by atoms with Crippen molar-refractivity contribution in [2.75, 3.05) is 17.7 Å². The number of ether oxygens (including phenoxy) is 2. The van der Waals surface area contributed by atoms with Crippen LogP contribution in [0.25, 0.3) is 0 Å². The van der Waals surface area contributed by atoms with E-state index in [1.165, 1.54) is 7.11 Å². The maximum atomic E-state index is 12.3. The zero-order valence-electron chi connectivity index (χ0n) is 16.5. The Morgan fingerprint density at radius 3 is 2.41 bits per heavy atom. The molecule has 29 heavy (non-hydrogen) atoms. The van der Waals surface area contributed by atoms with E-state index in [9.17, 15) is 9.59 Å². The Kier molecular flexibility index (Phi) is 8.91. The van der Waals surface area contributed by atoms with Crippen LogP contribution in [0.4, 0.5) is 16.2 Å². The second-order valence-corrected chi connectivity index (χ2v) is 6.61. The van der Waals surface area contributed by atoms with Crippen LogP contribution in [0.1, 0.15) is 32.6 Å². The summed E-state index contributed by atoms with van der Waals surface area (Å²) in [6.07, 6.45) is 2.57. The maximum absolute atomic E-state index is 12.3. The van der Waals surface area contributed by atoms with Crippen molar-refractivity contribution in [2.24, 2.45) is 0 Å². The molecule has 2 amide bonds. The van der Waals surface area contributed by atoms with Gasteiger partial charge in [0.15, 0.2) is 5.11 Å². The molecule has 0 spiro atoms. The average molecular weight is 416 g/mol. The molecule has 0 saturated heterocycles. The molecular weight excluding hydrogens is 390 g/mol. The molecule has 2 rings (SSSR count).